The van der Waals surface area contributed by atoms with E-state index >= 15 is 0 Å². The van der Waals surface area contributed by atoms with Crippen molar-refractivity contribution >= 4 is 5.91 Å². The van der Waals surface area contributed by atoms with Gasteiger partial charge in [-0.15, -0.1) is 0 Å². The highest BCUT2D eigenvalue weighted by atomic mass is 16.3. The minimum absolute atomic E-state index is 0.0313. The maximum atomic E-state index is 11.8. The molecular formula is C13H19NO3. The summed E-state index contributed by atoms with van der Waals surface area (Å²) in [5.74, 6) is 0.0356. The van der Waals surface area contributed by atoms with Gasteiger partial charge in [0.15, 0.2) is 0 Å². The molecule has 0 aromatic heterocycles. The largest absolute Gasteiger partial charge is 0.508 e. The van der Waals surface area contributed by atoms with Crippen molar-refractivity contribution in [2.24, 2.45) is 0 Å². The van der Waals surface area contributed by atoms with Crippen LogP contribution in [-0.2, 0) is 0 Å². The number of benzene rings is 1. The summed E-state index contributed by atoms with van der Waals surface area (Å²) in [5.41, 5.74) is 1.22. The van der Waals surface area contributed by atoms with Crippen LogP contribution in [-0.4, -0.2) is 28.8 Å². The van der Waals surface area contributed by atoms with E-state index < -0.39 is 0 Å². The maximum Gasteiger partial charge on any atom is 0.251 e. The number of aromatic hydroxyl groups is 1. The van der Waals surface area contributed by atoms with E-state index in [9.17, 15) is 9.90 Å². The quantitative estimate of drug-likeness (QED) is 0.728. The third-order valence-electron chi connectivity index (χ3n) is 2.63. The summed E-state index contributed by atoms with van der Waals surface area (Å²) in [6, 6.07) is 4.80. The van der Waals surface area contributed by atoms with Crippen molar-refractivity contribution in [1.29, 1.82) is 0 Å². The van der Waals surface area contributed by atoms with Crippen molar-refractivity contribution in [3.8, 4) is 5.75 Å². The van der Waals surface area contributed by atoms with Crippen LogP contribution in [0.5, 0.6) is 5.75 Å². The zero-order chi connectivity index (χ0) is 12.8. The van der Waals surface area contributed by atoms with Gasteiger partial charge in [0.2, 0.25) is 0 Å². The van der Waals surface area contributed by atoms with Crippen molar-refractivity contribution in [3.05, 3.63) is 29.3 Å². The van der Waals surface area contributed by atoms with Crippen molar-refractivity contribution in [1.82, 2.24) is 5.32 Å². The average Bonchev–Trinajstić information content (AvgIpc) is 2.30. The van der Waals surface area contributed by atoms with Gasteiger partial charge in [0.1, 0.15) is 5.75 Å². The molecule has 0 saturated carbocycles. The van der Waals surface area contributed by atoms with Crippen molar-refractivity contribution < 1.29 is 15.0 Å². The number of aryl methyl sites for hydroxylation is 1. The second kappa shape index (κ2) is 6.25. The van der Waals surface area contributed by atoms with Crippen LogP contribution in [0.4, 0.5) is 0 Å². The molecule has 1 aromatic carbocycles. The molecular weight excluding hydrogens is 218 g/mol. The summed E-state index contributed by atoms with van der Waals surface area (Å²) >= 11 is 0. The van der Waals surface area contributed by atoms with Crippen LogP contribution < -0.4 is 5.32 Å². The van der Waals surface area contributed by atoms with Gasteiger partial charge in [0.25, 0.3) is 5.91 Å². The van der Waals surface area contributed by atoms with E-state index in [-0.39, 0.29) is 24.3 Å². The molecule has 17 heavy (non-hydrogen) atoms. The Morgan fingerprint density at radius 1 is 1.47 bits per heavy atom. The van der Waals surface area contributed by atoms with Gasteiger partial charge in [-0.3, -0.25) is 4.79 Å². The number of aliphatic hydroxyl groups is 1. The molecule has 1 unspecified atom stereocenters. The van der Waals surface area contributed by atoms with Gasteiger partial charge in [-0.2, -0.15) is 0 Å². The molecule has 0 radical (unpaired) electrons. The molecule has 1 aromatic rings. The number of rotatable bonds is 5. The van der Waals surface area contributed by atoms with Crippen molar-refractivity contribution in [2.75, 3.05) is 6.61 Å². The lowest BCUT2D eigenvalue weighted by atomic mass is 10.1. The van der Waals surface area contributed by atoms with E-state index in [1.807, 2.05) is 6.92 Å². The van der Waals surface area contributed by atoms with Gasteiger partial charge in [0.05, 0.1) is 0 Å². The number of nitrogens with one attached hydrogen (secondary N) is 1. The highest BCUT2D eigenvalue weighted by Gasteiger charge is 2.10. The molecule has 0 spiro atoms. The van der Waals surface area contributed by atoms with Crippen LogP contribution in [0, 0.1) is 6.92 Å². The van der Waals surface area contributed by atoms with E-state index in [0.717, 1.165) is 6.42 Å². The highest BCUT2D eigenvalue weighted by molar-refractivity contribution is 5.94. The Bertz CT molecular complexity index is 390. The van der Waals surface area contributed by atoms with Crippen LogP contribution in [0.25, 0.3) is 0 Å². The molecule has 4 nitrogen and oxygen atoms in total. The van der Waals surface area contributed by atoms with Crippen molar-refractivity contribution in [2.45, 2.75) is 32.7 Å². The Hall–Kier alpha value is -1.55. The SMILES string of the molecule is Cc1cc(C(=O)NC(C)CCCO)ccc1O. The van der Waals surface area contributed by atoms with E-state index in [4.69, 9.17) is 5.11 Å². The van der Waals surface area contributed by atoms with E-state index in [0.29, 0.717) is 17.5 Å². The number of hydrogen-bond acceptors (Lipinski definition) is 3. The molecule has 3 N–H and O–H groups in total. The van der Waals surface area contributed by atoms with E-state index in [2.05, 4.69) is 5.32 Å². The molecule has 94 valence electrons. The van der Waals surface area contributed by atoms with E-state index in [1.54, 1.807) is 19.1 Å². The van der Waals surface area contributed by atoms with E-state index in [1.165, 1.54) is 6.07 Å². The number of hydrogen-bond donors (Lipinski definition) is 3. The molecule has 1 amide bonds. The van der Waals surface area contributed by atoms with Gasteiger partial charge in [0, 0.05) is 18.2 Å². The molecule has 0 fully saturated rings. The van der Waals surface area contributed by atoms with Gasteiger partial charge >= 0.3 is 0 Å². The molecule has 0 aliphatic rings. The number of carbonyl (C=O) groups is 1. The number of phenolic OH excluding ortho intramolecular Hbond substituents is 1. The van der Waals surface area contributed by atoms with Gasteiger partial charge in [-0.25, -0.2) is 0 Å². The minimum atomic E-state index is -0.154. The Morgan fingerprint density at radius 2 is 2.18 bits per heavy atom. The minimum Gasteiger partial charge on any atom is -0.508 e. The van der Waals surface area contributed by atoms with Gasteiger partial charge in [-0.1, -0.05) is 0 Å². The Labute approximate surface area is 101 Å². The summed E-state index contributed by atoms with van der Waals surface area (Å²) in [6.45, 7) is 3.79. The third kappa shape index (κ3) is 4.07. The summed E-state index contributed by atoms with van der Waals surface area (Å²) < 4.78 is 0. The Kier molecular flexibility index (Phi) is 4.97. The summed E-state index contributed by atoms with van der Waals surface area (Å²) in [5, 5.41) is 20.9. The third-order valence-corrected chi connectivity index (χ3v) is 2.63. The molecule has 0 bridgehead atoms. The fourth-order valence-electron chi connectivity index (χ4n) is 1.57. The van der Waals surface area contributed by atoms with Crippen molar-refractivity contribution in [3.63, 3.8) is 0 Å². The fraction of sp³-hybridized carbons (Fsp3) is 0.462. The zero-order valence-electron chi connectivity index (χ0n) is 10.2. The van der Waals surface area contributed by atoms with Gasteiger partial charge < -0.3 is 15.5 Å². The average molecular weight is 237 g/mol. The van der Waals surface area contributed by atoms with Gasteiger partial charge in [-0.05, 0) is 50.5 Å². The fourth-order valence-corrected chi connectivity index (χ4v) is 1.57. The Morgan fingerprint density at radius 3 is 2.76 bits per heavy atom. The lowest BCUT2D eigenvalue weighted by molar-refractivity contribution is 0.0936. The topological polar surface area (TPSA) is 69.6 Å². The molecule has 0 saturated heterocycles. The number of amides is 1. The number of aliphatic hydroxyl groups excluding tert-OH is 1. The summed E-state index contributed by atoms with van der Waals surface area (Å²) in [7, 11) is 0. The first-order valence-corrected chi connectivity index (χ1v) is 5.76. The molecule has 1 rings (SSSR count). The molecule has 0 heterocycles. The molecule has 1 atom stereocenters. The summed E-state index contributed by atoms with van der Waals surface area (Å²) in [4.78, 5) is 11.8. The number of carbonyl (C=O) groups excluding carboxylic acids is 1. The van der Waals surface area contributed by atoms with Crippen LogP contribution >= 0.6 is 0 Å². The van der Waals surface area contributed by atoms with Crippen LogP contribution in [0.15, 0.2) is 18.2 Å². The maximum absolute atomic E-state index is 11.8. The summed E-state index contributed by atoms with van der Waals surface area (Å²) in [6.07, 6.45) is 1.43. The van der Waals surface area contributed by atoms with Crippen LogP contribution in [0.1, 0.15) is 35.7 Å². The van der Waals surface area contributed by atoms with Crippen LogP contribution in [0.3, 0.4) is 0 Å². The second-order valence-corrected chi connectivity index (χ2v) is 4.24. The normalized spacial score (nSPS) is 12.2. The molecule has 0 aliphatic heterocycles. The first-order valence-electron chi connectivity index (χ1n) is 5.76. The first kappa shape index (κ1) is 13.5. The van der Waals surface area contributed by atoms with Crippen LogP contribution in [0.2, 0.25) is 0 Å². The number of phenols is 1. The smallest absolute Gasteiger partial charge is 0.251 e. The molecule has 0 aliphatic carbocycles. The first-order chi connectivity index (χ1) is 8.04. The Balaban J connectivity index is 2.60. The standard InChI is InChI=1S/C13H19NO3/c1-9-8-11(5-6-12(9)16)13(17)14-10(2)4-3-7-15/h5-6,8,10,15-16H,3-4,7H2,1-2H3,(H,14,17). The lowest BCUT2D eigenvalue weighted by Gasteiger charge is -2.13. The zero-order valence-corrected chi connectivity index (χ0v) is 10.2. The highest BCUT2D eigenvalue weighted by Crippen LogP contribution is 2.16. The predicted molar refractivity (Wildman–Crippen MR) is 66.1 cm³/mol. The second-order valence-electron chi connectivity index (χ2n) is 4.24. The molecule has 4 heteroatoms. The predicted octanol–water partition coefficient (Wildman–Crippen LogP) is 1.59. The monoisotopic (exact) mass is 237 g/mol. The lowest BCUT2D eigenvalue weighted by Crippen LogP contribution is -2.32.